The van der Waals surface area contributed by atoms with Gasteiger partial charge in [-0.1, -0.05) is 0 Å². The van der Waals surface area contributed by atoms with Gasteiger partial charge in [0, 0.05) is 0 Å². The highest BCUT2D eigenvalue weighted by atomic mass is 79.9. The van der Waals surface area contributed by atoms with Gasteiger partial charge in [-0.3, -0.25) is 14.9 Å². The van der Waals surface area contributed by atoms with E-state index in [9.17, 15) is 20.0 Å². The zero-order valence-corrected chi connectivity index (χ0v) is 10.5. The zero-order valence-electron chi connectivity index (χ0n) is 8.89. The summed E-state index contributed by atoms with van der Waals surface area (Å²) in [5, 5.41) is 20.4. The number of carbonyl (C=O) groups is 1. The number of aromatic hydroxyl groups is 1. The van der Waals surface area contributed by atoms with E-state index in [1.807, 2.05) is 0 Å². The Bertz CT molecular complexity index is 487. The van der Waals surface area contributed by atoms with E-state index in [4.69, 9.17) is 9.47 Å². The molecule has 1 aromatic carbocycles. The molecule has 0 aromatic heterocycles. The summed E-state index contributed by atoms with van der Waals surface area (Å²) in [6.45, 7) is 0. The van der Waals surface area contributed by atoms with Gasteiger partial charge in [0.2, 0.25) is 5.75 Å². The molecular formula is C9H8BrNO6. The lowest BCUT2D eigenvalue weighted by atomic mass is 10.1. The molecule has 0 fully saturated rings. The summed E-state index contributed by atoms with van der Waals surface area (Å²) in [4.78, 5) is 20.8. The lowest BCUT2D eigenvalue weighted by molar-refractivity contribution is -0.386. The number of rotatable bonds is 4. The van der Waals surface area contributed by atoms with Crippen LogP contribution < -0.4 is 9.47 Å². The molecule has 0 heterocycles. The Morgan fingerprint density at radius 2 is 1.88 bits per heavy atom. The van der Waals surface area contributed by atoms with Crippen LogP contribution in [0.5, 0.6) is 17.2 Å². The van der Waals surface area contributed by atoms with Crippen LogP contribution in [0.4, 0.5) is 5.69 Å². The Morgan fingerprint density at radius 1 is 1.35 bits per heavy atom. The van der Waals surface area contributed by atoms with E-state index < -0.39 is 16.4 Å². The maximum Gasteiger partial charge on any atom is 0.326 e. The minimum atomic E-state index is -0.869. The highest BCUT2D eigenvalue weighted by Crippen LogP contribution is 2.49. The highest BCUT2D eigenvalue weighted by molar-refractivity contribution is 9.10. The van der Waals surface area contributed by atoms with Gasteiger partial charge in [-0.25, -0.2) is 0 Å². The second-order valence-electron chi connectivity index (χ2n) is 2.87. The summed E-state index contributed by atoms with van der Waals surface area (Å²) >= 11 is 2.94. The van der Waals surface area contributed by atoms with Gasteiger partial charge in [0.1, 0.15) is 10.0 Å². The monoisotopic (exact) mass is 305 g/mol. The molecule has 1 N–H and O–H groups in total. The van der Waals surface area contributed by atoms with Crippen molar-refractivity contribution in [2.24, 2.45) is 0 Å². The predicted octanol–water partition coefficient (Wildman–Crippen LogP) is 1.89. The second kappa shape index (κ2) is 5.00. The van der Waals surface area contributed by atoms with Crippen molar-refractivity contribution in [1.29, 1.82) is 0 Å². The highest BCUT2D eigenvalue weighted by Gasteiger charge is 2.31. The lowest BCUT2D eigenvalue weighted by Crippen LogP contribution is -2.02. The van der Waals surface area contributed by atoms with E-state index in [2.05, 4.69) is 15.9 Å². The largest absolute Gasteiger partial charge is 0.501 e. The Labute approximate surface area is 104 Å². The van der Waals surface area contributed by atoms with Crippen LogP contribution in [0.1, 0.15) is 10.4 Å². The number of halogens is 1. The van der Waals surface area contributed by atoms with Gasteiger partial charge >= 0.3 is 5.69 Å². The summed E-state index contributed by atoms with van der Waals surface area (Å²) in [6, 6.07) is 0. The minimum Gasteiger partial charge on any atom is -0.501 e. The van der Waals surface area contributed by atoms with Crippen LogP contribution in [0.15, 0.2) is 4.47 Å². The van der Waals surface area contributed by atoms with Gasteiger partial charge in [0.05, 0.1) is 19.1 Å². The Kier molecular flexibility index (Phi) is 3.89. The normalized spacial score (nSPS) is 9.82. The van der Waals surface area contributed by atoms with Gasteiger partial charge in [-0.2, -0.15) is 0 Å². The average molecular weight is 306 g/mol. The van der Waals surface area contributed by atoms with Crippen molar-refractivity contribution in [2.75, 3.05) is 14.2 Å². The molecule has 0 aliphatic heterocycles. The molecule has 7 nitrogen and oxygen atoms in total. The molecule has 0 saturated carbocycles. The van der Waals surface area contributed by atoms with E-state index in [0.717, 1.165) is 0 Å². The first-order valence-corrected chi connectivity index (χ1v) is 5.04. The fraction of sp³-hybridized carbons (Fsp3) is 0.222. The van der Waals surface area contributed by atoms with Crippen LogP contribution in [0, 0.1) is 10.1 Å². The second-order valence-corrected chi connectivity index (χ2v) is 3.66. The summed E-state index contributed by atoms with van der Waals surface area (Å²) < 4.78 is 9.75. The first kappa shape index (κ1) is 13.2. The van der Waals surface area contributed by atoms with Crippen LogP contribution in [0.25, 0.3) is 0 Å². The third-order valence-corrected chi connectivity index (χ3v) is 2.78. The van der Waals surface area contributed by atoms with E-state index in [0.29, 0.717) is 0 Å². The number of methoxy groups -OCH3 is 2. The Balaban J connectivity index is 3.81. The SMILES string of the molecule is COc1c(Br)c(O)c([N+](=O)[O-])c(C=O)c1OC. The summed E-state index contributed by atoms with van der Waals surface area (Å²) in [7, 11) is 2.51. The van der Waals surface area contributed by atoms with Crippen molar-refractivity contribution in [2.45, 2.75) is 0 Å². The Hall–Kier alpha value is -1.83. The lowest BCUT2D eigenvalue weighted by Gasteiger charge is -2.13. The van der Waals surface area contributed by atoms with Crippen LogP contribution in [-0.2, 0) is 0 Å². The molecule has 0 bridgehead atoms. The predicted molar refractivity (Wildman–Crippen MR) is 61.0 cm³/mol. The molecule has 0 spiro atoms. The quantitative estimate of drug-likeness (QED) is 0.518. The summed E-state index contributed by atoms with van der Waals surface area (Å²) in [5.74, 6) is -0.786. The third kappa shape index (κ3) is 2.03. The number of nitrogens with zero attached hydrogens (tertiary/aromatic N) is 1. The number of carbonyl (C=O) groups excluding carboxylic acids is 1. The Morgan fingerprint density at radius 3 is 2.24 bits per heavy atom. The molecule has 0 aliphatic carbocycles. The van der Waals surface area contributed by atoms with Crippen LogP contribution in [0.2, 0.25) is 0 Å². The number of nitro benzene ring substituents is 1. The summed E-state index contributed by atoms with van der Waals surface area (Å²) in [5.41, 5.74) is -1.11. The number of phenolic OH excluding ortho intramolecular Hbond substituents is 1. The first-order chi connectivity index (χ1) is 7.99. The molecule has 0 amide bonds. The van der Waals surface area contributed by atoms with Crippen molar-refractivity contribution in [3.8, 4) is 17.2 Å². The van der Waals surface area contributed by atoms with Gasteiger partial charge < -0.3 is 14.6 Å². The van der Waals surface area contributed by atoms with Crippen LogP contribution in [0.3, 0.4) is 0 Å². The van der Waals surface area contributed by atoms with E-state index >= 15 is 0 Å². The molecule has 0 unspecified atom stereocenters. The molecule has 0 saturated heterocycles. The molecule has 1 aromatic rings. The van der Waals surface area contributed by atoms with Crippen LogP contribution >= 0.6 is 15.9 Å². The van der Waals surface area contributed by atoms with Crippen molar-refractivity contribution in [1.82, 2.24) is 0 Å². The molecule has 8 heteroatoms. The van der Waals surface area contributed by atoms with Crippen molar-refractivity contribution in [3.63, 3.8) is 0 Å². The van der Waals surface area contributed by atoms with Gasteiger partial charge in [-0.15, -0.1) is 0 Å². The maximum absolute atomic E-state index is 10.9. The molecule has 0 aliphatic rings. The third-order valence-electron chi connectivity index (χ3n) is 2.05. The number of ether oxygens (including phenoxy) is 2. The van der Waals surface area contributed by atoms with E-state index in [1.165, 1.54) is 14.2 Å². The average Bonchev–Trinajstić information content (AvgIpc) is 2.30. The van der Waals surface area contributed by atoms with Crippen molar-refractivity contribution >= 4 is 27.9 Å². The number of nitro groups is 1. The number of hydrogen-bond acceptors (Lipinski definition) is 6. The number of phenols is 1. The fourth-order valence-electron chi connectivity index (χ4n) is 1.35. The molecule has 92 valence electrons. The molecular weight excluding hydrogens is 298 g/mol. The number of benzene rings is 1. The molecule has 17 heavy (non-hydrogen) atoms. The zero-order chi connectivity index (χ0) is 13.2. The standard InChI is InChI=1S/C9H8BrNO6/c1-16-8-4(3-12)6(11(14)15)7(13)5(10)9(8)17-2/h3,13H,1-2H3. The number of hydrogen-bond donors (Lipinski definition) is 1. The molecule has 0 radical (unpaired) electrons. The maximum atomic E-state index is 10.9. The first-order valence-electron chi connectivity index (χ1n) is 4.25. The van der Waals surface area contributed by atoms with Gasteiger partial charge in [0.15, 0.2) is 17.8 Å². The van der Waals surface area contributed by atoms with Crippen molar-refractivity contribution < 1.29 is 24.3 Å². The summed E-state index contributed by atoms with van der Waals surface area (Å²) in [6.07, 6.45) is 0.228. The fourth-order valence-corrected chi connectivity index (χ4v) is 1.88. The number of aldehydes is 1. The van der Waals surface area contributed by atoms with E-state index in [1.54, 1.807) is 0 Å². The topological polar surface area (TPSA) is 98.9 Å². The smallest absolute Gasteiger partial charge is 0.326 e. The van der Waals surface area contributed by atoms with E-state index in [-0.39, 0.29) is 27.8 Å². The van der Waals surface area contributed by atoms with Crippen molar-refractivity contribution in [3.05, 3.63) is 20.2 Å². The minimum absolute atomic E-state index is 0.0118. The van der Waals surface area contributed by atoms with Crippen LogP contribution in [-0.4, -0.2) is 30.5 Å². The molecule has 1 rings (SSSR count). The van der Waals surface area contributed by atoms with Gasteiger partial charge in [0.25, 0.3) is 0 Å². The van der Waals surface area contributed by atoms with Gasteiger partial charge in [-0.05, 0) is 15.9 Å². The molecule has 0 atom stereocenters.